The molecule has 1 aliphatic heterocycles. The van der Waals surface area contributed by atoms with Crippen molar-refractivity contribution in [3.63, 3.8) is 0 Å². The van der Waals surface area contributed by atoms with Gasteiger partial charge in [-0.25, -0.2) is 21.6 Å². The Hall–Kier alpha value is -1.31. The quantitative estimate of drug-likeness (QED) is 0.679. The van der Waals surface area contributed by atoms with Crippen molar-refractivity contribution < 1.29 is 26.7 Å². The summed E-state index contributed by atoms with van der Waals surface area (Å²) >= 11 is 4.19. The predicted molar refractivity (Wildman–Crippen MR) is 103 cm³/mol. The predicted octanol–water partition coefficient (Wildman–Crippen LogP) is 1.90. The minimum absolute atomic E-state index is 0.00852. The number of aromatic carboxylic acids is 1. The number of halogens is 1. The summed E-state index contributed by atoms with van der Waals surface area (Å²) in [6, 6.07) is 6.94. The Morgan fingerprint density at radius 1 is 1.00 bits per heavy atom. The van der Waals surface area contributed by atoms with Gasteiger partial charge in [0.1, 0.15) is 4.21 Å². The SMILES string of the molecule is O=C(O)c1cc(S(=O)(=O)N2CCN(S(=O)(=O)c3cccs3)CC2)ccc1Br. The fourth-order valence-corrected chi connectivity index (χ4v) is 7.10. The van der Waals surface area contributed by atoms with Crippen molar-refractivity contribution >= 4 is 53.3 Å². The largest absolute Gasteiger partial charge is 0.478 e. The number of benzene rings is 1. The van der Waals surface area contributed by atoms with Crippen LogP contribution in [0.4, 0.5) is 0 Å². The van der Waals surface area contributed by atoms with E-state index in [1.54, 1.807) is 11.4 Å². The molecule has 27 heavy (non-hydrogen) atoms. The minimum atomic E-state index is -3.93. The molecular weight excluding hydrogens is 480 g/mol. The van der Waals surface area contributed by atoms with E-state index in [0.717, 1.165) is 17.4 Å². The van der Waals surface area contributed by atoms with Gasteiger partial charge in [-0.15, -0.1) is 11.3 Å². The van der Waals surface area contributed by atoms with Crippen molar-refractivity contribution in [2.24, 2.45) is 0 Å². The van der Waals surface area contributed by atoms with Crippen molar-refractivity contribution in [1.82, 2.24) is 8.61 Å². The van der Waals surface area contributed by atoms with E-state index in [2.05, 4.69) is 15.9 Å². The van der Waals surface area contributed by atoms with Crippen LogP contribution in [0.1, 0.15) is 10.4 Å². The number of sulfonamides is 2. The van der Waals surface area contributed by atoms with Gasteiger partial charge in [-0.1, -0.05) is 6.07 Å². The first kappa shape index (κ1) is 20.4. The number of hydrogen-bond acceptors (Lipinski definition) is 6. The van der Waals surface area contributed by atoms with Gasteiger partial charge in [0.2, 0.25) is 10.0 Å². The number of hydrogen-bond donors (Lipinski definition) is 1. The molecular formula is C15H15BrN2O6S3. The number of rotatable bonds is 5. The van der Waals surface area contributed by atoms with E-state index in [9.17, 15) is 26.7 Å². The molecule has 2 heterocycles. The lowest BCUT2D eigenvalue weighted by Crippen LogP contribution is -2.50. The van der Waals surface area contributed by atoms with E-state index in [4.69, 9.17) is 0 Å². The van der Waals surface area contributed by atoms with Crippen LogP contribution in [0.3, 0.4) is 0 Å². The van der Waals surface area contributed by atoms with Crippen molar-refractivity contribution in [2.45, 2.75) is 9.10 Å². The zero-order chi connectivity index (χ0) is 19.8. The van der Waals surface area contributed by atoms with Gasteiger partial charge in [0, 0.05) is 30.7 Å². The number of nitrogens with zero attached hydrogens (tertiary/aromatic N) is 2. The lowest BCUT2D eigenvalue weighted by Gasteiger charge is -2.33. The van der Waals surface area contributed by atoms with Crippen LogP contribution in [0.5, 0.6) is 0 Å². The lowest BCUT2D eigenvalue weighted by molar-refractivity contribution is 0.0695. The molecule has 0 spiro atoms. The molecule has 1 aromatic carbocycles. The third-order valence-electron chi connectivity index (χ3n) is 4.09. The summed E-state index contributed by atoms with van der Waals surface area (Å²) in [6.45, 7) is 0.0420. The Kier molecular flexibility index (Phi) is 5.75. The molecule has 1 aliphatic rings. The smallest absolute Gasteiger partial charge is 0.336 e. The van der Waals surface area contributed by atoms with Gasteiger partial charge in [-0.3, -0.25) is 0 Å². The van der Waals surface area contributed by atoms with Crippen LogP contribution in [-0.2, 0) is 20.0 Å². The standard InChI is InChI=1S/C15H15BrN2O6S3/c16-13-4-3-11(10-12(13)15(19)20)26(21,22)17-5-7-18(8-6-17)27(23,24)14-2-1-9-25-14/h1-4,9-10H,5-8H2,(H,19,20). The molecule has 8 nitrogen and oxygen atoms in total. The topological polar surface area (TPSA) is 112 Å². The van der Waals surface area contributed by atoms with Crippen LogP contribution in [0, 0.1) is 0 Å². The van der Waals surface area contributed by atoms with E-state index < -0.39 is 26.0 Å². The zero-order valence-corrected chi connectivity index (χ0v) is 17.8. The zero-order valence-electron chi connectivity index (χ0n) is 13.8. The van der Waals surface area contributed by atoms with E-state index >= 15 is 0 Å². The highest BCUT2D eigenvalue weighted by Gasteiger charge is 2.34. The van der Waals surface area contributed by atoms with Gasteiger partial charge in [0.15, 0.2) is 0 Å². The second kappa shape index (κ2) is 7.60. The molecule has 3 rings (SSSR count). The average molecular weight is 495 g/mol. The summed E-state index contributed by atoms with van der Waals surface area (Å²) in [5, 5.41) is 10.8. The molecule has 1 aromatic heterocycles. The monoisotopic (exact) mass is 494 g/mol. The van der Waals surface area contributed by atoms with Crippen molar-refractivity contribution in [2.75, 3.05) is 26.2 Å². The second-order valence-corrected chi connectivity index (χ2v) is 11.6. The van der Waals surface area contributed by atoms with Gasteiger partial charge in [-0.2, -0.15) is 8.61 Å². The van der Waals surface area contributed by atoms with Gasteiger partial charge < -0.3 is 5.11 Å². The maximum Gasteiger partial charge on any atom is 0.336 e. The van der Waals surface area contributed by atoms with E-state index in [-0.39, 0.29) is 45.3 Å². The van der Waals surface area contributed by atoms with E-state index in [1.807, 2.05) is 0 Å². The Labute approximate surface area is 169 Å². The summed E-state index contributed by atoms with van der Waals surface area (Å²) in [5.41, 5.74) is -0.157. The maximum absolute atomic E-state index is 12.8. The molecule has 0 amide bonds. The van der Waals surface area contributed by atoms with Gasteiger partial charge in [0.05, 0.1) is 10.5 Å². The Bertz CT molecular complexity index is 1060. The van der Waals surface area contributed by atoms with Crippen LogP contribution in [0.25, 0.3) is 0 Å². The number of carboxylic acids is 1. The normalized spacial score (nSPS) is 17.1. The lowest BCUT2D eigenvalue weighted by atomic mass is 10.2. The highest BCUT2D eigenvalue weighted by molar-refractivity contribution is 9.10. The van der Waals surface area contributed by atoms with Crippen molar-refractivity contribution in [3.8, 4) is 0 Å². The van der Waals surface area contributed by atoms with E-state index in [1.165, 1.54) is 26.8 Å². The Balaban J connectivity index is 1.79. The van der Waals surface area contributed by atoms with Crippen LogP contribution < -0.4 is 0 Å². The maximum atomic E-state index is 12.8. The summed E-state index contributed by atoms with van der Waals surface area (Å²) < 4.78 is 53.6. The van der Waals surface area contributed by atoms with Gasteiger partial charge >= 0.3 is 5.97 Å². The first-order chi connectivity index (χ1) is 12.6. The molecule has 0 unspecified atom stereocenters. The third kappa shape index (κ3) is 3.96. The average Bonchev–Trinajstić information content (AvgIpc) is 3.17. The first-order valence-corrected chi connectivity index (χ1v) is 12.3. The number of carboxylic acid groups (broad SMARTS) is 1. The molecule has 0 atom stereocenters. The van der Waals surface area contributed by atoms with Crippen LogP contribution >= 0.6 is 27.3 Å². The van der Waals surface area contributed by atoms with E-state index in [0.29, 0.717) is 0 Å². The highest BCUT2D eigenvalue weighted by atomic mass is 79.9. The fraction of sp³-hybridized carbons (Fsp3) is 0.267. The molecule has 0 aliphatic carbocycles. The molecule has 1 N–H and O–H groups in total. The van der Waals surface area contributed by atoms with Gasteiger partial charge in [-0.05, 0) is 45.6 Å². The molecule has 12 heteroatoms. The van der Waals surface area contributed by atoms with Gasteiger partial charge in [0.25, 0.3) is 10.0 Å². The summed E-state index contributed by atoms with van der Waals surface area (Å²) in [6.07, 6.45) is 0. The molecule has 0 saturated carbocycles. The van der Waals surface area contributed by atoms with Crippen LogP contribution in [-0.4, -0.2) is 62.7 Å². The fourth-order valence-electron chi connectivity index (χ4n) is 2.67. The summed E-state index contributed by atoms with van der Waals surface area (Å²) in [4.78, 5) is 11.1. The van der Waals surface area contributed by atoms with Crippen LogP contribution in [0.2, 0.25) is 0 Å². The number of piperazine rings is 1. The number of thiophene rings is 1. The second-order valence-electron chi connectivity index (χ2n) is 5.69. The van der Waals surface area contributed by atoms with Crippen molar-refractivity contribution in [1.29, 1.82) is 0 Å². The number of carbonyl (C=O) groups is 1. The Morgan fingerprint density at radius 3 is 2.11 bits per heavy atom. The molecule has 1 fully saturated rings. The minimum Gasteiger partial charge on any atom is -0.478 e. The third-order valence-corrected chi connectivity index (χ3v) is 9.95. The van der Waals surface area contributed by atoms with Crippen molar-refractivity contribution in [3.05, 3.63) is 45.7 Å². The molecule has 1 saturated heterocycles. The summed E-state index contributed by atoms with van der Waals surface area (Å²) in [5.74, 6) is -1.24. The molecule has 2 aromatic rings. The molecule has 0 radical (unpaired) electrons. The first-order valence-electron chi connectivity index (χ1n) is 7.70. The molecule has 0 bridgehead atoms. The van der Waals surface area contributed by atoms with Crippen LogP contribution in [0.15, 0.2) is 49.3 Å². The summed E-state index contributed by atoms with van der Waals surface area (Å²) in [7, 11) is -7.56. The molecule has 146 valence electrons. The highest BCUT2D eigenvalue weighted by Crippen LogP contribution is 2.26. The Morgan fingerprint density at radius 2 is 1.59 bits per heavy atom.